The van der Waals surface area contributed by atoms with E-state index in [9.17, 15) is 9.59 Å². The van der Waals surface area contributed by atoms with Gasteiger partial charge in [-0.2, -0.15) is 0 Å². The van der Waals surface area contributed by atoms with Crippen LogP contribution in [-0.4, -0.2) is 24.5 Å². The second-order valence-corrected chi connectivity index (χ2v) is 3.43. The van der Waals surface area contributed by atoms with E-state index in [1.807, 2.05) is 5.32 Å². The maximum absolute atomic E-state index is 11.1. The van der Waals surface area contributed by atoms with Gasteiger partial charge in [0.25, 0.3) is 0 Å². The highest BCUT2D eigenvalue weighted by molar-refractivity contribution is 5.96. The van der Waals surface area contributed by atoms with Gasteiger partial charge in [0, 0.05) is 0 Å². The summed E-state index contributed by atoms with van der Waals surface area (Å²) in [5.74, 6) is 0.344. The lowest BCUT2D eigenvalue weighted by Gasteiger charge is -2.11. The molecule has 3 amide bonds. The van der Waals surface area contributed by atoms with Crippen molar-refractivity contribution < 1.29 is 9.59 Å². The number of carbonyl (C=O) groups excluding carboxylic acids is 2. The maximum atomic E-state index is 11.1. The van der Waals surface area contributed by atoms with Gasteiger partial charge in [-0.15, -0.1) is 0 Å². The van der Waals surface area contributed by atoms with Crippen LogP contribution in [0.2, 0.25) is 0 Å². The molecule has 4 N–H and O–H groups in total. The van der Waals surface area contributed by atoms with Gasteiger partial charge in [-0.25, -0.2) is 4.79 Å². The second-order valence-electron chi connectivity index (χ2n) is 3.43. The van der Waals surface area contributed by atoms with Gasteiger partial charge in [-0.1, -0.05) is 0 Å². The first kappa shape index (κ1) is 9.98. The van der Waals surface area contributed by atoms with E-state index in [0.29, 0.717) is 5.92 Å². The number of urea groups is 1. The summed E-state index contributed by atoms with van der Waals surface area (Å²) in [6.45, 7) is 2.55. The molecule has 0 heterocycles. The SMILES string of the molecule is CC(NCC1CC1)C(=O)NC(N)=O. The molecule has 0 aromatic carbocycles. The van der Waals surface area contributed by atoms with Crippen molar-refractivity contribution in [1.82, 2.24) is 10.6 Å². The van der Waals surface area contributed by atoms with Gasteiger partial charge in [-0.05, 0) is 32.2 Å². The molecule has 0 bridgehead atoms. The third kappa shape index (κ3) is 3.89. The minimum absolute atomic E-state index is 0.354. The highest BCUT2D eigenvalue weighted by atomic mass is 16.2. The fourth-order valence-electron chi connectivity index (χ4n) is 0.988. The first-order valence-electron chi connectivity index (χ1n) is 4.43. The van der Waals surface area contributed by atoms with E-state index < -0.39 is 6.03 Å². The van der Waals surface area contributed by atoms with E-state index in [1.165, 1.54) is 12.8 Å². The van der Waals surface area contributed by atoms with Gasteiger partial charge < -0.3 is 11.1 Å². The summed E-state index contributed by atoms with van der Waals surface area (Å²) in [5, 5.41) is 5.05. The number of amides is 3. The number of nitrogens with two attached hydrogens (primary N) is 1. The average Bonchev–Trinajstić information content (AvgIpc) is 2.81. The van der Waals surface area contributed by atoms with E-state index in [2.05, 4.69) is 5.32 Å². The number of hydrogen-bond acceptors (Lipinski definition) is 3. The van der Waals surface area contributed by atoms with Crippen LogP contribution in [0.3, 0.4) is 0 Å². The Hall–Kier alpha value is -1.10. The molecule has 13 heavy (non-hydrogen) atoms. The molecule has 1 saturated carbocycles. The third-order valence-electron chi connectivity index (χ3n) is 2.05. The molecule has 5 heteroatoms. The summed E-state index contributed by atoms with van der Waals surface area (Å²) in [4.78, 5) is 21.4. The zero-order valence-corrected chi connectivity index (χ0v) is 7.67. The Morgan fingerprint density at radius 2 is 2.15 bits per heavy atom. The molecule has 1 atom stereocenters. The van der Waals surface area contributed by atoms with Gasteiger partial charge >= 0.3 is 6.03 Å². The Labute approximate surface area is 77.1 Å². The van der Waals surface area contributed by atoms with Crippen LogP contribution in [0.1, 0.15) is 19.8 Å². The Morgan fingerprint density at radius 1 is 1.54 bits per heavy atom. The molecule has 1 rings (SSSR count). The summed E-state index contributed by atoms with van der Waals surface area (Å²) in [6, 6.07) is -1.15. The number of nitrogens with one attached hydrogen (secondary N) is 2. The van der Waals surface area contributed by atoms with Crippen LogP contribution < -0.4 is 16.4 Å². The van der Waals surface area contributed by atoms with Crippen LogP contribution in [0.25, 0.3) is 0 Å². The van der Waals surface area contributed by atoms with Crippen LogP contribution in [0.5, 0.6) is 0 Å². The molecular formula is C8H15N3O2. The van der Waals surface area contributed by atoms with Crippen LogP contribution in [0.15, 0.2) is 0 Å². The Balaban J connectivity index is 2.16. The fourth-order valence-corrected chi connectivity index (χ4v) is 0.988. The van der Waals surface area contributed by atoms with E-state index in [4.69, 9.17) is 5.73 Å². The molecule has 5 nitrogen and oxygen atoms in total. The molecule has 0 spiro atoms. The Bertz CT molecular complexity index is 213. The number of primary amides is 1. The quantitative estimate of drug-likeness (QED) is 0.555. The highest BCUT2D eigenvalue weighted by Gasteiger charge is 2.23. The minimum Gasteiger partial charge on any atom is -0.351 e. The van der Waals surface area contributed by atoms with Crippen LogP contribution in [0, 0.1) is 5.92 Å². The molecule has 0 radical (unpaired) electrons. The van der Waals surface area contributed by atoms with E-state index in [-0.39, 0.29) is 11.9 Å². The molecule has 1 aliphatic carbocycles. The van der Waals surface area contributed by atoms with Crippen molar-refractivity contribution in [3.8, 4) is 0 Å². The minimum atomic E-state index is -0.801. The first-order valence-corrected chi connectivity index (χ1v) is 4.43. The molecule has 1 fully saturated rings. The molecule has 0 saturated heterocycles. The van der Waals surface area contributed by atoms with E-state index in [1.54, 1.807) is 6.92 Å². The van der Waals surface area contributed by atoms with Crippen molar-refractivity contribution in [2.75, 3.05) is 6.54 Å². The molecule has 0 aliphatic heterocycles. The van der Waals surface area contributed by atoms with Crippen molar-refractivity contribution >= 4 is 11.9 Å². The summed E-state index contributed by atoms with van der Waals surface area (Å²) >= 11 is 0. The topological polar surface area (TPSA) is 84.2 Å². The van der Waals surface area contributed by atoms with Crippen molar-refractivity contribution in [2.24, 2.45) is 11.7 Å². The lowest BCUT2D eigenvalue weighted by molar-refractivity contribution is -0.121. The largest absolute Gasteiger partial charge is 0.351 e. The van der Waals surface area contributed by atoms with E-state index in [0.717, 1.165) is 6.54 Å². The monoisotopic (exact) mass is 185 g/mol. The van der Waals surface area contributed by atoms with Crippen molar-refractivity contribution in [2.45, 2.75) is 25.8 Å². The summed E-state index contributed by atoms with van der Waals surface area (Å²) in [5.41, 5.74) is 4.80. The lowest BCUT2D eigenvalue weighted by atomic mass is 10.3. The van der Waals surface area contributed by atoms with Crippen molar-refractivity contribution in [3.05, 3.63) is 0 Å². The average molecular weight is 185 g/mol. The Kier molecular flexibility index (Phi) is 3.25. The number of imide groups is 1. The van der Waals surface area contributed by atoms with Gasteiger partial charge in [0.1, 0.15) is 0 Å². The first-order chi connectivity index (χ1) is 6.09. The standard InChI is InChI=1S/C8H15N3O2/c1-5(7(12)11-8(9)13)10-4-6-2-3-6/h5-6,10H,2-4H2,1H3,(H3,9,11,12,13). The van der Waals surface area contributed by atoms with Gasteiger partial charge in [0.2, 0.25) is 5.91 Å². The van der Waals surface area contributed by atoms with E-state index >= 15 is 0 Å². The predicted octanol–water partition coefficient (Wildman–Crippen LogP) is -0.431. The van der Waals surface area contributed by atoms with Crippen LogP contribution in [-0.2, 0) is 4.79 Å². The van der Waals surface area contributed by atoms with Crippen molar-refractivity contribution in [3.63, 3.8) is 0 Å². The Morgan fingerprint density at radius 3 is 2.62 bits per heavy atom. The van der Waals surface area contributed by atoms with Gasteiger partial charge in [0.05, 0.1) is 6.04 Å². The lowest BCUT2D eigenvalue weighted by Crippen LogP contribution is -2.46. The van der Waals surface area contributed by atoms with Gasteiger partial charge in [-0.3, -0.25) is 10.1 Å². The molecule has 1 unspecified atom stereocenters. The zero-order chi connectivity index (χ0) is 9.84. The zero-order valence-electron chi connectivity index (χ0n) is 7.67. The fraction of sp³-hybridized carbons (Fsp3) is 0.750. The molecule has 74 valence electrons. The number of rotatable bonds is 4. The number of hydrogen-bond donors (Lipinski definition) is 3. The molecular weight excluding hydrogens is 170 g/mol. The summed E-state index contributed by atoms with van der Waals surface area (Å²) in [6.07, 6.45) is 2.47. The summed E-state index contributed by atoms with van der Waals surface area (Å²) in [7, 11) is 0. The normalized spacial score (nSPS) is 17.9. The highest BCUT2D eigenvalue weighted by Crippen LogP contribution is 2.27. The third-order valence-corrected chi connectivity index (χ3v) is 2.05. The van der Waals surface area contributed by atoms with Gasteiger partial charge in [0.15, 0.2) is 0 Å². The van der Waals surface area contributed by atoms with Crippen LogP contribution in [0.4, 0.5) is 4.79 Å². The maximum Gasteiger partial charge on any atom is 0.318 e. The molecule has 0 aromatic heterocycles. The second kappa shape index (κ2) is 4.23. The molecule has 0 aromatic rings. The molecule has 1 aliphatic rings. The smallest absolute Gasteiger partial charge is 0.318 e. The van der Waals surface area contributed by atoms with Crippen molar-refractivity contribution in [1.29, 1.82) is 0 Å². The van der Waals surface area contributed by atoms with Crippen LogP contribution >= 0.6 is 0 Å². The summed E-state index contributed by atoms with van der Waals surface area (Å²) < 4.78 is 0. The predicted molar refractivity (Wildman–Crippen MR) is 47.9 cm³/mol. The number of carbonyl (C=O) groups is 2.